The third kappa shape index (κ3) is 18.9. The summed E-state index contributed by atoms with van der Waals surface area (Å²) in [6.07, 6.45) is 8.79. The molecular weight excluding hydrogens is 761 g/mol. The van der Waals surface area contributed by atoms with E-state index in [2.05, 4.69) is 82.8 Å². The van der Waals surface area contributed by atoms with Gasteiger partial charge in [0.15, 0.2) is 0 Å². The Kier molecular flexibility index (Phi) is 22.6. The summed E-state index contributed by atoms with van der Waals surface area (Å²) in [5, 5.41) is 20.9. The number of ether oxygens (including phenoxy) is 2. The van der Waals surface area contributed by atoms with Crippen LogP contribution in [0.25, 0.3) is 0 Å². The van der Waals surface area contributed by atoms with Gasteiger partial charge in [-0.05, 0) is 112 Å². The Bertz CT molecular complexity index is 1750. The minimum absolute atomic E-state index is 0.0656. The number of nitrogens with zero attached hydrogens (tertiary/aromatic N) is 2. The van der Waals surface area contributed by atoms with Gasteiger partial charge in [-0.25, -0.2) is 9.59 Å². The van der Waals surface area contributed by atoms with E-state index in [-0.39, 0.29) is 11.8 Å². The summed E-state index contributed by atoms with van der Waals surface area (Å²) in [4.78, 5) is 48.2. The molecular formula is C48H64N4O8. The highest BCUT2D eigenvalue weighted by Gasteiger charge is 2.11. The van der Waals surface area contributed by atoms with E-state index < -0.39 is 11.9 Å². The number of hydrogen-bond donors (Lipinski definition) is 4. The number of methoxy groups -OCH3 is 2. The maximum Gasteiger partial charge on any atom is 0.414 e. The van der Waals surface area contributed by atoms with Gasteiger partial charge in [-0.1, -0.05) is 87.4 Å². The van der Waals surface area contributed by atoms with Crippen molar-refractivity contribution in [1.29, 1.82) is 0 Å². The largest absolute Gasteiger partial charge is 0.496 e. The molecule has 4 rings (SSSR count). The summed E-state index contributed by atoms with van der Waals surface area (Å²) in [5.41, 5.74) is 6.53. The average molecular weight is 825 g/mol. The van der Waals surface area contributed by atoms with E-state index in [1.54, 1.807) is 14.2 Å². The highest BCUT2D eigenvalue weighted by atomic mass is 16.5. The number of amides is 2. The molecule has 4 aromatic rings. The first kappa shape index (κ1) is 48.6. The fourth-order valence-corrected chi connectivity index (χ4v) is 6.69. The minimum atomic E-state index is -1.82. The number of carbonyl (C=O) groups is 4. The Morgan fingerprint density at radius 3 is 1.22 bits per heavy atom. The molecule has 12 heteroatoms. The predicted molar refractivity (Wildman–Crippen MR) is 238 cm³/mol. The Morgan fingerprint density at radius 1 is 0.517 bits per heavy atom. The molecule has 0 aliphatic heterocycles. The molecule has 0 unspecified atom stereocenters. The van der Waals surface area contributed by atoms with Gasteiger partial charge in [-0.15, -0.1) is 0 Å². The Labute approximate surface area is 355 Å². The number of carboxylic acid groups (broad SMARTS) is 2. The van der Waals surface area contributed by atoms with Crippen LogP contribution in [0.2, 0.25) is 0 Å². The third-order valence-corrected chi connectivity index (χ3v) is 10.2. The lowest BCUT2D eigenvalue weighted by Crippen LogP contribution is -2.24. The van der Waals surface area contributed by atoms with Crippen LogP contribution in [-0.2, 0) is 45.1 Å². The first-order valence-electron chi connectivity index (χ1n) is 21.0. The van der Waals surface area contributed by atoms with E-state index in [1.807, 2.05) is 48.5 Å². The molecule has 0 spiro atoms. The summed E-state index contributed by atoms with van der Waals surface area (Å²) in [6.45, 7) is 10.1. The molecule has 0 saturated carbocycles. The first-order chi connectivity index (χ1) is 29.0. The lowest BCUT2D eigenvalue weighted by Gasteiger charge is -2.21. The number of para-hydroxylation sites is 2. The van der Waals surface area contributed by atoms with Gasteiger partial charge < -0.3 is 30.3 Å². The molecule has 0 heterocycles. The number of benzene rings is 4. The van der Waals surface area contributed by atoms with Crippen LogP contribution in [0.3, 0.4) is 0 Å². The monoisotopic (exact) mass is 824 g/mol. The minimum Gasteiger partial charge on any atom is -0.496 e. The van der Waals surface area contributed by atoms with Gasteiger partial charge >= 0.3 is 11.9 Å². The molecule has 0 bridgehead atoms. The quantitative estimate of drug-likeness (QED) is 0.0377. The predicted octanol–water partition coefficient (Wildman–Crippen LogP) is 8.69. The van der Waals surface area contributed by atoms with Crippen LogP contribution in [-0.4, -0.2) is 84.2 Å². The molecule has 0 radical (unpaired) electrons. The normalized spacial score (nSPS) is 10.8. The summed E-state index contributed by atoms with van der Waals surface area (Å²) in [6, 6.07) is 32.7. The van der Waals surface area contributed by atoms with Gasteiger partial charge in [0, 0.05) is 48.4 Å². The second-order valence-corrected chi connectivity index (χ2v) is 14.6. The number of rotatable bonds is 25. The standard InChI is InChI=1S/C46H62N4O4.C2H2O4/c1-5-49(35-39-17-11-13-19-43(39)53-3)33-15-7-9-21-45(51)47-41-29-25-37(26-30-41)23-24-38-27-31-42(32-28-38)48-46(52)22-10-8-16-34-50(6-2)36-40-18-12-14-20-44(40)54-4;3-1(4)2(5)6/h11-14,17-20,25-32H,5-10,15-16,21-24,33-36H2,1-4H3,(H,47,51)(H,48,52);(H,3,4)(H,5,6). The number of aliphatic carboxylic acids is 2. The molecule has 4 aromatic carbocycles. The number of carboxylic acids is 2. The van der Waals surface area contributed by atoms with E-state index in [9.17, 15) is 9.59 Å². The smallest absolute Gasteiger partial charge is 0.414 e. The van der Waals surface area contributed by atoms with E-state index in [1.165, 1.54) is 22.3 Å². The second-order valence-electron chi connectivity index (χ2n) is 14.6. The zero-order valence-corrected chi connectivity index (χ0v) is 35.8. The van der Waals surface area contributed by atoms with Gasteiger partial charge in [0.2, 0.25) is 11.8 Å². The van der Waals surface area contributed by atoms with Crippen LogP contribution >= 0.6 is 0 Å². The van der Waals surface area contributed by atoms with Gasteiger partial charge in [0.05, 0.1) is 14.2 Å². The van der Waals surface area contributed by atoms with Crippen molar-refractivity contribution < 1.29 is 38.9 Å². The number of aryl methyl sites for hydroxylation is 2. The molecule has 12 nitrogen and oxygen atoms in total. The lowest BCUT2D eigenvalue weighted by atomic mass is 10.0. The van der Waals surface area contributed by atoms with E-state index in [4.69, 9.17) is 29.3 Å². The summed E-state index contributed by atoms with van der Waals surface area (Å²) in [7, 11) is 3.44. The summed E-state index contributed by atoms with van der Waals surface area (Å²) < 4.78 is 11.0. The fraction of sp³-hybridized carbons (Fsp3) is 0.417. The molecule has 0 fully saturated rings. The zero-order chi connectivity index (χ0) is 43.5. The summed E-state index contributed by atoms with van der Waals surface area (Å²) >= 11 is 0. The van der Waals surface area contributed by atoms with Crippen LogP contribution in [0, 0.1) is 0 Å². The van der Waals surface area contributed by atoms with Crippen molar-refractivity contribution in [3.8, 4) is 11.5 Å². The maximum absolute atomic E-state index is 12.6. The molecule has 324 valence electrons. The molecule has 4 N–H and O–H groups in total. The molecule has 2 amide bonds. The molecule has 0 aliphatic carbocycles. The Morgan fingerprint density at radius 2 is 0.883 bits per heavy atom. The van der Waals surface area contributed by atoms with E-state index >= 15 is 0 Å². The van der Waals surface area contributed by atoms with Crippen molar-refractivity contribution in [2.75, 3.05) is 51.0 Å². The number of nitrogens with one attached hydrogen (secondary N) is 2. The van der Waals surface area contributed by atoms with Crippen molar-refractivity contribution >= 4 is 35.1 Å². The number of carbonyl (C=O) groups excluding carboxylic acids is 2. The van der Waals surface area contributed by atoms with Crippen molar-refractivity contribution in [2.45, 2.75) is 91.1 Å². The number of unbranched alkanes of at least 4 members (excludes halogenated alkanes) is 4. The van der Waals surface area contributed by atoms with E-state index in [0.717, 1.165) is 114 Å². The Balaban J connectivity index is 0.00000149. The van der Waals surface area contributed by atoms with Crippen LogP contribution in [0.15, 0.2) is 97.1 Å². The van der Waals surface area contributed by atoms with Crippen LogP contribution in [0.5, 0.6) is 11.5 Å². The average Bonchev–Trinajstić information content (AvgIpc) is 3.26. The van der Waals surface area contributed by atoms with Gasteiger partial charge in [-0.2, -0.15) is 0 Å². The van der Waals surface area contributed by atoms with Gasteiger partial charge in [0.25, 0.3) is 0 Å². The molecule has 0 aromatic heterocycles. The van der Waals surface area contributed by atoms with Crippen LogP contribution in [0.1, 0.15) is 87.5 Å². The summed E-state index contributed by atoms with van der Waals surface area (Å²) in [5.74, 6) is -1.65. The molecule has 0 aliphatic rings. The highest BCUT2D eigenvalue weighted by molar-refractivity contribution is 6.27. The zero-order valence-electron chi connectivity index (χ0n) is 35.8. The molecule has 60 heavy (non-hydrogen) atoms. The lowest BCUT2D eigenvalue weighted by molar-refractivity contribution is -0.159. The highest BCUT2D eigenvalue weighted by Crippen LogP contribution is 2.21. The van der Waals surface area contributed by atoms with Crippen molar-refractivity contribution in [1.82, 2.24) is 9.80 Å². The second kappa shape index (κ2) is 27.9. The number of hydrogen-bond acceptors (Lipinski definition) is 8. The molecule has 0 atom stereocenters. The van der Waals surface area contributed by atoms with E-state index in [0.29, 0.717) is 12.8 Å². The van der Waals surface area contributed by atoms with Gasteiger partial charge in [-0.3, -0.25) is 19.4 Å². The molecule has 0 saturated heterocycles. The van der Waals surface area contributed by atoms with Gasteiger partial charge in [0.1, 0.15) is 11.5 Å². The van der Waals surface area contributed by atoms with Crippen LogP contribution in [0.4, 0.5) is 11.4 Å². The Hall–Kier alpha value is -5.72. The van der Waals surface area contributed by atoms with Crippen molar-refractivity contribution in [3.63, 3.8) is 0 Å². The maximum atomic E-state index is 12.6. The first-order valence-corrected chi connectivity index (χ1v) is 21.0. The number of anilines is 2. The van der Waals surface area contributed by atoms with Crippen molar-refractivity contribution in [2.24, 2.45) is 0 Å². The van der Waals surface area contributed by atoms with Crippen LogP contribution < -0.4 is 20.1 Å². The topological polar surface area (TPSA) is 158 Å². The van der Waals surface area contributed by atoms with Crippen molar-refractivity contribution in [3.05, 3.63) is 119 Å². The fourth-order valence-electron chi connectivity index (χ4n) is 6.69. The SMILES string of the molecule is CCN(CCCCCC(=O)Nc1ccc(CCc2ccc(NC(=O)CCCCCN(CC)Cc3ccccc3OC)cc2)cc1)Cc1ccccc1OC.O=C(O)C(=O)O. The third-order valence-electron chi connectivity index (χ3n) is 10.2.